The maximum Gasteiger partial charge on any atom is 0.265 e. The average molecular weight is 296 g/mol. The Morgan fingerprint density at radius 2 is 1.90 bits per heavy atom. The highest BCUT2D eigenvalue weighted by Crippen LogP contribution is 2.28. The normalized spacial score (nSPS) is 21.6. The van der Waals surface area contributed by atoms with Gasteiger partial charge in [0, 0.05) is 19.0 Å². The molecule has 0 N–H and O–H groups in total. The Balaban J connectivity index is 1.60. The first-order valence-electron chi connectivity index (χ1n) is 7.11. The van der Waals surface area contributed by atoms with Crippen molar-refractivity contribution in [2.24, 2.45) is 5.92 Å². The first-order valence-corrected chi connectivity index (χ1v) is 7.93. The zero-order valence-corrected chi connectivity index (χ0v) is 12.7. The minimum absolute atomic E-state index is 0.0559. The maximum atomic E-state index is 12.5. The summed E-state index contributed by atoms with van der Waals surface area (Å²) in [6, 6.07) is 0. The molecule has 0 radical (unpaired) electrons. The summed E-state index contributed by atoms with van der Waals surface area (Å²) in [6.07, 6.45) is 1.85. The molecule has 2 fully saturated rings. The largest absolute Gasteiger partial charge is 0.350 e. The fourth-order valence-electron chi connectivity index (χ4n) is 2.90. The summed E-state index contributed by atoms with van der Waals surface area (Å²) in [5.74, 6) is 0.547. The number of piperidine rings is 1. The average Bonchev–Trinajstić information content (AvgIpc) is 3.08. The molecule has 0 atom stereocenters. The number of amides is 1. The number of ether oxygens (including phenoxy) is 2. The van der Waals surface area contributed by atoms with Crippen LogP contribution in [0.15, 0.2) is 0 Å². The van der Waals surface area contributed by atoms with Gasteiger partial charge in [-0.2, -0.15) is 0 Å². The van der Waals surface area contributed by atoms with Crippen LogP contribution in [-0.2, 0) is 9.47 Å². The van der Waals surface area contributed by atoms with Gasteiger partial charge in [-0.05, 0) is 26.7 Å². The van der Waals surface area contributed by atoms with Gasteiger partial charge in [0.05, 0.1) is 23.9 Å². The van der Waals surface area contributed by atoms with E-state index >= 15 is 0 Å². The molecule has 1 amide bonds. The smallest absolute Gasteiger partial charge is 0.265 e. The topological polar surface area (TPSA) is 51.7 Å². The van der Waals surface area contributed by atoms with Gasteiger partial charge in [0.2, 0.25) is 0 Å². The molecule has 3 heterocycles. The number of carbonyl (C=O) groups excluding carboxylic acids is 1. The van der Waals surface area contributed by atoms with Gasteiger partial charge in [-0.15, -0.1) is 11.3 Å². The molecule has 1 aromatic heterocycles. The Labute approximate surface area is 122 Å². The van der Waals surface area contributed by atoms with Crippen LogP contribution in [0.25, 0.3) is 0 Å². The highest BCUT2D eigenvalue weighted by atomic mass is 32.1. The van der Waals surface area contributed by atoms with E-state index in [1.54, 1.807) is 0 Å². The van der Waals surface area contributed by atoms with E-state index in [0.29, 0.717) is 19.1 Å². The molecular weight excluding hydrogens is 276 g/mol. The van der Waals surface area contributed by atoms with Gasteiger partial charge in [-0.1, -0.05) is 0 Å². The minimum Gasteiger partial charge on any atom is -0.350 e. The number of hydrogen-bond acceptors (Lipinski definition) is 5. The van der Waals surface area contributed by atoms with Crippen LogP contribution in [0.3, 0.4) is 0 Å². The molecule has 0 bridgehead atoms. The zero-order chi connectivity index (χ0) is 14.1. The lowest BCUT2D eigenvalue weighted by atomic mass is 9.96. The fourth-order valence-corrected chi connectivity index (χ4v) is 3.78. The number of aryl methyl sites for hydroxylation is 2. The Kier molecular flexibility index (Phi) is 4.05. The second-order valence-electron chi connectivity index (χ2n) is 5.39. The summed E-state index contributed by atoms with van der Waals surface area (Å²) in [7, 11) is 0. The van der Waals surface area contributed by atoms with Crippen molar-refractivity contribution in [2.75, 3.05) is 26.3 Å². The Bertz CT molecular complexity index is 489. The van der Waals surface area contributed by atoms with Crippen LogP contribution in [0, 0.1) is 19.8 Å². The quantitative estimate of drug-likeness (QED) is 0.837. The third kappa shape index (κ3) is 2.73. The molecule has 3 rings (SSSR count). The van der Waals surface area contributed by atoms with E-state index in [4.69, 9.17) is 9.47 Å². The van der Waals surface area contributed by atoms with Gasteiger partial charge >= 0.3 is 0 Å². The molecule has 5 nitrogen and oxygen atoms in total. The van der Waals surface area contributed by atoms with Crippen molar-refractivity contribution < 1.29 is 14.3 Å². The van der Waals surface area contributed by atoms with Crippen LogP contribution in [0.1, 0.15) is 33.2 Å². The molecule has 1 aromatic rings. The molecular formula is C14H20N2O3S. The number of likely N-dealkylation sites (tertiary alicyclic amines) is 1. The number of aromatic nitrogens is 1. The summed E-state index contributed by atoms with van der Waals surface area (Å²) in [5, 5.41) is 0.952. The highest BCUT2D eigenvalue weighted by molar-refractivity contribution is 7.13. The van der Waals surface area contributed by atoms with Gasteiger partial charge in [0.15, 0.2) is 6.29 Å². The molecule has 2 aliphatic rings. The van der Waals surface area contributed by atoms with Crippen LogP contribution in [-0.4, -0.2) is 48.4 Å². The molecule has 2 saturated heterocycles. The van der Waals surface area contributed by atoms with E-state index in [1.165, 1.54) is 11.3 Å². The first-order chi connectivity index (χ1) is 9.65. The van der Waals surface area contributed by atoms with Crippen LogP contribution in [0.2, 0.25) is 0 Å². The van der Waals surface area contributed by atoms with Gasteiger partial charge in [0.1, 0.15) is 4.88 Å². The Morgan fingerprint density at radius 3 is 2.45 bits per heavy atom. The van der Waals surface area contributed by atoms with Gasteiger partial charge in [-0.3, -0.25) is 4.79 Å². The SMILES string of the molecule is Cc1nc(C)c(C(=O)N2CCC(C3OCCO3)CC2)s1. The molecule has 0 spiro atoms. The Hall–Kier alpha value is -0.980. The van der Waals surface area contributed by atoms with Crippen molar-refractivity contribution in [3.05, 3.63) is 15.6 Å². The molecule has 0 unspecified atom stereocenters. The molecule has 2 aliphatic heterocycles. The summed E-state index contributed by atoms with van der Waals surface area (Å²) >= 11 is 1.49. The van der Waals surface area contributed by atoms with E-state index in [2.05, 4.69) is 4.98 Å². The molecule has 20 heavy (non-hydrogen) atoms. The Morgan fingerprint density at radius 1 is 1.25 bits per heavy atom. The standard InChI is InChI=1S/C14H20N2O3S/c1-9-12(20-10(2)15-9)13(17)16-5-3-11(4-6-16)14-18-7-8-19-14/h11,14H,3-8H2,1-2H3. The van der Waals surface area contributed by atoms with Gasteiger partial charge in [-0.25, -0.2) is 4.98 Å². The van der Waals surface area contributed by atoms with Crippen LogP contribution >= 0.6 is 11.3 Å². The van der Waals surface area contributed by atoms with Crippen molar-refractivity contribution in [3.63, 3.8) is 0 Å². The summed E-state index contributed by atoms with van der Waals surface area (Å²) in [4.78, 5) is 19.6. The molecule has 0 aliphatic carbocycles. The van der Waals surface area contributed by atoms with Crippen molar-refractivity contribution >= 4 is 17.2 Å². The lowest BCUT2D eigenvalue weighted by Crippen LogP contribution is -2.41. The molecule has 0 saturated carbocycles. The minimum atomic E-state index is -0.0559. The van der Waals surface area contributed by atoms with E-state index in [0.717, 1.165) is 41.5 Å². The monoisotopic (exact) mass is 296 g/mol. The highest BCUT2D eigenvalue weighted by Gasteiger charge is 2.32. The maximum absolute atomic E-state index is 12.5. The van der Waals surface area contributed by atoms with Gasteiger partial charge < -0.3 is 14.4 Å². The van der Waals surface area contributed by atoms with Crippen molar-refractivity contribution in [2.45, 2.75) is 33.0 Å². The van der Waals surface area contributed by atoms with E-state index in [-0.39, 0.29) is 12.2 Å². The van der Waals surface area contributed by atoms with Crippen LogP contribution in [0.4, 0.5) is 0 Å². The fraction of sp³-hybridized carbons (Fsp3) is 0.714. The number of thiazole rings is 1. The van der Waals surface area contributed by atoms with Crippen LogP contribution in [0.5, 0.6) is 0 Å². The predicted octanol–water partition coefficient (Wildman–Crippen LogP) is 1.99. The van der Waals surface area contributed by atoms with E-state index < -0.39 is 0 Å². The summed E-state index contributed by atoms with van der Waals surface area (Å²) < 4.78 is 11.1. The van der Waals surface area contributed by atoms with E-state index in [9.17, 15) is 4.79 Å². The van der Waals surface area contributed by atoms with Crippen LogP contribution < -0.4 is 0 Å². The van der Waals surface area contributed by atoms with Crippen molar-refractivity contribution in [1.82, 2.24) is 9.88 Å². The zero-order valence-electron chi connectivity index (χ0n) is 11.9. The third-order valence-electron chi connectivity index (χ3n) is 3.96. The number of carbonyl (C=O) groups is 1. The van der Waals surface area contributed by atoms with Gasteiger partial charge in [0.25, 0.3) is 5.91 Å². The summed E-state index contributed by atoms with van der Waals surface area (Å²) in [5.41, 5.74) is 0.849. The first kappa shape index (κ1) is 14.0. The summed E-state index contributed by atoms with van der Waals surface area (Å²) in [6.45, 7) is 6.80. The predicted molar refractivity (Wildman–Crippen MR) is 75.9 cm³/mol. The number of rotatable bonds is 2. The second-order valence-corrected chi connectivity index (χ2v) is 6.59. The second kappa shape index (κ2) is 5.79. The van der Waals surface area contributed by atoms with Crippen molar-refractivity contribution in [1.29, 1.82) is 0 Å². The molecule has 6 heteroatoms. The lowest BCUT2D eigenvalue weighted by molar-refractivity contribution is -0.0956. The van der Waals surface area contributed by atoms with E-state index in [1.807, 2.05) is 18.7 Å². The lowest BCUT2D eigenvalue weighted by Gasteiger charge is -2.33. The number of nitrogens with zero attached hydrogens (tertiary/aromatic N) is 2. The third-order valence-corrected chi connectivity index (χ3v) is 5.02. The number of hydrogen-bond donors (Lipinski definition) is 0. The molecule has 110 valence electrons. The van der Waals surface area contributed by atoms with Crippen molar-refractivity contribution in [3.8, 4) is 0 Å². The molecule has 0 aromatic carbocycles.